The number of methoxy groups -OCH3 is 2. The van der Waals surface area contributed by atoms with Gasteiger partial charge in [0, 0.05) is 23.7 Å². The van der Waals surface area contributed by atoms with Crippen LogP contribution in [0.2, 0.25) is 0 Å². The summed E-state index contributed by atoms with van der Waals surface area (Å²) in [6, 6.07) is 8.81. The van der Waals surface area contributed by atoms with Gasteiger partial charge in [-0.25, -0.2) is 13.6 Å². The number of carbonyl (C=O) groups is 2. The third-order valence-corrected chi connectivity index (χ3v) is 5.74. The number of ether oxygens (including phenoxy) is 2. The number of halogens is 2. The van der Waals surface area contributed by atoms with Gasteiger partial charge in [-0.05, 0) is 42.2 Å². The van der Waals surface area contributed by atoms with Crippen LogP contribution in [-0.2, 0) is 4.79 Å². The minimum atomic E-state index is -1.09. The number of hydrogen-bond acceptors (Lipinski definition) is 6. The number of rotatable bonds is 6. The molecular weight excluding hydrogens is 448 g/mol. The number of carboxylic acid groups (broad SMARTS) is 1. The molecule has 1 N–H and O–H groups in total. The fraction of sp³-hybridized carbons (Fsp3) is 0.250. The van der Waals surface area contributed by atoms with Crippen molar-refractivity contribution in [3.63, 3.8) is 0 Å². The van der Waals surface area contributed by atoms with E-state index in [-0.39, 0.29) is 28.5 Å². The Balaban J connectivity index is 1.91. The molecule has 0 aliphatic carbocycles. The van der Waals surface area contributed by atoms with Crippen molar-refractivity contribution in [2.24, 2.45) is 0 Å². The molecule has 8 nitrogen and oxygen atoms in total. The van der Waals surface area contributed by atoms with Crippen molar-refractivity contribution in [1.82, 2.24) is 15.1 Å². The standard InChI is InChI=1S/C24H21F2N3O5/c1-33-20-12-17(22(34-2)28-27-20)14-9-8-13(23(30)29-10-4-7-19(29)24(31)32)11-16(14)15-5-3-6-18(25)21(15)26/h3,5-6,8-9,11-12,19H,4,7,10H2,1-2H3,(H,31,32). The fourth-order valence-electron chi connectivity index (χ4n) is 4.09. The maximum Gasteiger partial charge on any atom is 0.326 e. The molecule has 0 spiro atoms. The predicted molar refractivity (Wildman–Crippen MR) is 118 cm³/mol. The van der Waals surface area contributed by atoms with Gasteiger partial charge >= 0.3 is 5.97 Å². The van der Waals surface area contributed by atoms with Crippen molar-refractivity contribution >= 4 is 11.9 Å². The molecule has 0 radical (unpaired) electrons. The first kappa shape index (κ1) is 23.1. The Hall–Kier alpha value is -4.08. The second kappa shape index (κ2) is 9.42. The summed E-state index contributed by atoms with van der Waals surface area (Å²) in [6.45, 7) is 0.292. The van der Waals surface area contributed by atoms with Gasteiger partial charge in [0.2, 0.25) is 11.8 Å². The maximum atomic E-state index is 14.9. The van der Waals surface area contributed by atoms with E-state index in [2.05, 4.69) is 10.2 Å². The van der Waals surface area contributed by atoms with Crippen LogP contribution in [0, 0.1) is 11.6 Å². The molecule has 4 rings (SSSR count). The summed E-state index contributed by atoms with van der Waals surface area (Å²) in [4.78, 5) is 26.0. The molecule has 1 amide bonds. The summed E-state index contributed by atoms with van der Waals surface area (Å²) in [5.74, 6) is -3.45. The van der Waals surface area contributed by atoms with Crippen molar-refractivity contribution in [1.29, 1.82) is 0 Å². The SMILES string of the molecule is COc1cc(-c2ccc(C(=O)N3CCCC3C(=O)O)cc2-c2cccc(F)c2F)c(OC)nn1. The Kier molecular flexibility index (Phi) is 6.40. The summed E-state index contributed by atoms with van der Waals surface area (Å²) >= 11 is 0. The molecule has 1 saturated heterocycles. The van der Waals surface area contributed by atoms with E-state index >= 15 is 0 Å². The number of aromatic nitrogens is 2. The Morgan fingerprint density at radius 3 is 2.50 bits per heavy atom. The Morgan fingerprint density at radius 1 is 1.00 bits per heavy atom. The van der Waals surface area contributed by atoms with E-state index in [0.29, 0.717) is 30.5 Å². The number of aliphatic carboxylic acids is 1. The van der Waals surface area contributed by atoms with E-state index in [9.17, 15) is 23.5 Å². The topological polar surface area (TPSA) is 102 Å². The van der Waals surface area contributed by atoms with E-state index in [0.717, 1.165) is 6.07 Å². The summed E-state index contributed by atoms with van der Waals surface area (Å²) in [6.07, 6.45) is 0.913. The average molecular weight is 469 g/mol. The highest BCUT2D eigenvalue weighted by molar-refractivity contribution is 6.00. The first-order chi connectivity index (χ1) is 16.3. The summed E-state index contributed by atoms with van der Waals surface area (Å²) in [7, 11) is 2.80. The smallest absolute Gasteiger partial charge is 0.326 e. The quantitative estimate of drug-likeness (QED) is 0.586. The highest BCUT2D eigenvalue weighted by atomic mass is 19.2. The zero-order valence-corrected chi connectivity index (χ0v) is 18.4. The van der Waals surface area contributed by atoms with Crippen LogP contribution in [0.1, 0.15) is 23.2 Å². The molecule has 2 heterocycles. The molecule has 1 unspecified atom stereocenters. The highest BCUT2D eigenvalue weighted by Crippen LogP contribution is 2.39. The van der Waals surface area contributed by atoms with Gasteiger partial charge < -0.3 is 19.5 Å². The molecule has 1 atom stereocenters. The van der Waals surface area contributed by atoms with E-state index in [1.807, 2.05) is 0 Å². The normalized spacial score (nSPS) is 15.3. The minimum absolute atomic E-state index is 0.0845. The predicted octanol–water partition coefficient (Wildman–Crippen LogP) is 3.80. The first-order valence-corrected chi connectivity index (χ1v) is 10.4. The van der Waals surface area contributed by atoms with Crippen LogP contribution < -0.4 is 9.47 Å². The Morgan fingerprint density at radius 2 is 1.79 bits per heavy atom. The number of carbonyl (C=O) groups excluding carboxylic acids is 1. The Labute approximate surface area is 193 Å². The maximum absolute atomic E-state index is 14.9. The summed E-state index contributed by atoms with van der Waals surface area (Å²) < 4.78 is 39.5. The van der Waals surface area contributed by atoms with Gasteiger partial charge in [-0.3, -0.25) is 4.79 Å². The summed E-state index contributed by atoms with van der Waals surface area (Å²) in [5, 5.41) is 17.3. The van der Waals surface area contributed by atoms with Gasteiger partial charge in [-0.2, -0.15) is 0 Å². The van der Waals surface area contributed by atoms with E-state index in [1.54, 1.807) is 6.07 Å². The summed E-state index contributed by atoms with van der Waals surface area (Å²) in [5.41, 5.74) is 1.03. The number of nitrogens with zero attached hydrogens (tertiary/aromatic N) is 3. The number of benzene rings is 2. The third-order valence-electron chi connectivity index (χ3n) is 5.74. The van der Waals surface area contributed by atoms with Crippen molar-refractivity contribution in [3.05, 3.63) is 59.7 Å². The van der Waals surface area contributed by atoms with Crippen LogP contribution in [0.15, 0.2) is 42.5 Å². The molecule has 176 valence electrons. The van der Waals surface area contributed by atoms with Crippen molar-refractivity contribution in [2.45, 2.75) is 18.9 Å². The van der Waals surface area contributed by atoms with Gasteiger partial charge in [-0.1, -0.05) is 18.2 Å². The molecule has 1 fully saturated rings. The largest absolute Gasteiger partial charge is 0.480 e. The van der Waals surface area contributed by atoms with Crippen molar-refractivity contribution in [2.75, 3.05) is 20.8 Å². The molecule has 0 saturated carbocycles. The molecule has 0 bridgehead atoms. The van der Waals surface area contributed by atoms with Crippen LogP contribution in [0.4, 0.5) is 8.78 Å². The van der Waals surface area contributed by atoms with Crippen molar-refractivity contribution in [3.8, 4) is 34.0 Å². The molecule has 34 heavy (non-hydrogen) atoms. The zero-order chi connectivity index (χ0) is 24.4. The lowest BCUT2D eigenvalue weighted by molar-refractivity contribution is -0.141. The monoisotopic (exact) mass is 469 g/mol. The third kappa shape index (κ3) is 4.14. The van der Waals surface area contributed by atoms with Crippen LogP contribution >= 0.6 is 0 Å². The molecule has 1 aromatic heterocycles. The number of likely N-dealkylation sites (tertiary alicyclic amines) is 1. The lowest BCUT2D eigenvalue weighted by Gasteiger charge is -2.22. The lowest BCUT2D eigenvalue weighted by Crippen LogP contribution is -2.40. The van der Waals surface area contributed by atoms with E-state index < -0.39 is 29.6 Å². The molecular formula is C24H21F2N3O5. The second-order valence-electron chi connectivity index (χ2n) is 7.67. The fourth-order valence-corrected chi connectivity index (χ4v) is 4.09. The van der Waals surface area contributed by atoms with Gasteiger partial charge in [0.25, 0.3) is 5.91 Å². The van der Waals surface area contributed by atoms with Crippen LogP contribution in [0.3, 0.4) is 0 Å². The van der Waals surface area contributed by atoms with Gasteiger partial charge in [0.05, 0.1) is 19.8 Å². The van der Waals surface area contributed by atoms with Crippen LogP contribution in [0.25, 0.3) is 22.3 Å². The molecule has 10 heteroatoms. The highest BCUT2D eigenvalue weighted by Gasteiger charge is 2.34. The first-order valence-electron chi connectivity index (χ1n) is 10.4. The zero-order valence-electron chi connectivity index (χ0n) is 18.4. The van der Waals surface area contributed by atoms with Crippen molar-refractivity contribution < 1.29 is 33.0 Å². The lowest BCUT2D eigenvalue weighted by atomic mass is 9.92. The van der Waals surface area contributed by atoms with E-state index in [1.165, 1.54) is 49.5 Å². The number of hydrogen-bond donors (Lipinski definition) is 1. The molecule has 1 aliphatic heterocycles. The average Bonchev–Trinajstić information content (AvgIpc) is 3.35. The minimum Gasteiger partial charge on any atom is -0.480 e. The van der Waals surface area contributed by atoms with Gasteiger partial charge in [-0.15, -0.1) is 10.2 Å². The second-order valence-corrected chi connectivity index (χ2v) is 7.67. The van der Waals surface area contributed by atoms with E-state index in [4.69, 9.17) is 9.47 Å². The number of amides is 1. The Bertz CT molecular complexity index is 1270. The van der Waals surface area contributed by atoms with Gasteiger partial charge in [0.1, 0.15) is 6.04 Å². The van der Waals surface area contributed by atoms with Crippen LogP contribution in [0.5, 0.6) is 11.8 Å². The molecule has 2 aromatic carbocycles. The van der Waals surface area contributed by atoms with Gasteiger partial charge in [0.15, 0.2) is 11.6 Å². The van der Waals surface area contributed by atoms with Crippen LogP contribution in [-0.4, -0.2) is 58.9 Å². The molecule has 3 aromatic rings. The number of carboxylic acids is 1. The molecule has 1 aliphatic rings.